The molecule has 0 aromatic rings. The standard InChI is InChI=1S/C18H38O5/c1-8-10-11-12-13-18(17(4,5)19,14-16(20-6)21-7)23-15(3)22-9-2/h15-16,19H,8-14H2,1-7H3. The first kappa shape index (κ1) is 22.8. The molecule has 0 amide bonds. The van der Waals surface area contributed by atoms with Crippen molar-refractivity contribution in [2.75, 3.05) is 20.8 Å². The molecule has 0 heterocycles. The molecule has 2 atom stereocenters. The van der Waals surface area contributed by atoms with Gasteiger partial charge in [-0.05, 0) is 34.1 Å². The average molecular weight is 334 g/mol. The second-order valence-corrected chi connectivity index (χ2v) is 6.61. The molecular weight excluding hydrogens is 296 g/mol. The predicted molar refractivity (Wildman–Crippen MR) is 92.4 cm³/mol. The molecule has 23 heavy (non-hydrogen) atoms. The predicted octanol–water partition coefficient (Wildman–Crippen LogP) is 3.87. The summed E-state index contributed by atoms with van der Waals surface area (Å²) in [6, 6.07) is 0. The van der Waals surface area contributed by atoms with E-state index in [0.717, 1.165) is 19.3 Å². The van der Waals surface area contributed by atoms with E-state index in [4.69, 9.17) is 18.9 Å². The molecule has 0 aromatic heterocycles. The zero-order valence-corrected chi connectivity index (χ0v) is 16.2. The zero-order chi connectivity index (χ0) is 17.9. The monoisotopic (exact) mass is 334 g/mol. The average Bonchev–Trinajstić information content (AvgIpc) is 2.47. The van der Waals surface area contributed by atoms with Gasteiger partial charge in [-0.15, -0.1) is 0 Å². The first-order valence-corrected chi connectivity index (χ1v) is 8.83. The Balaban J connectivity index is 5.26. The third kappa shape index (κ3) is 7.94. The van der Waals surface area contributed by atoms with Crippen LogP contribution in [-0.4, -0.2) is 49.7 Å². The highest BCUT2D eigenvalue weighted by atomic mass is 16.7. The molecule has 0 aliphatic rings. The first-order valence-electron chi connectivity index (χ1n) is 8.83. The van der Waals surface area contributed by atoms with E-state index in [0.29, 0.717) is 13.0 Å². The molecule has 0 fully saturated rings. The quantitative estimate of drug-likeness (QED) is 0.386. The Labute approximate surface area is 142 Å². The Morgan fingerprint density at radius 1 is 1.00 bits per heavy atom. The van der Waals surface area contributed by atoms with E-state index < -0.39 is 23.8 Å². The van der Waals surface area contributed by atoms with E-state index in [1.165, 1.54) is 12.8 Å². The lowest BCUT2D eigenvalue weighted by molar-refractivity contribution is -0.278. The van der Waals surface area contributed by atoms with E-state index >= 15 is 0 Å². The fraction of sp³-hybridized carbons (Fsp3) is 1.00. The van der Waals surface area contributed by atoms with Gasteiger partial charge < -0.3 is 24.1 Å². The van der Waals surface area contributed by atoms with Gasteiger partial charge in [0.25, 0.3) is 0 Å². The third-order valence-corrected chi connectivity index (χ3v) is 4.36. The molecule has 1 N–H and O–H groups in total. The van der Waals surface area contributed by atoms with Gasteiger partial charge in [-0.2, -0.15) is 0 Å². The summed E-state index contributed by atoms with van der Waals surface area (Å²) in [6.45, 7) is 10.1. The van der Waals surface area contributed by atoms with Crippen LogP contribution in [-0.2, 0) is 18.9 Å². The lowest BCUT2D eigenvalue weighted by Gasteiger charge is -2.46. The molecule has 0 aliphatic carbocycles. The summed E-state index contributed by atoms with van der Waals surface area (Å²) in [7, 11) is 3.21. The second kappa shape index (κ2) is 11.4. The lowest BCUT2D eigenvalue weighted by atomic mass is 9.78. The fourth-order valence-corrected chi connectivity index (χ4v) is 2.86. The van der Waals surface area contributed by atoms with E-state index in [9.17, 15) is 5.11 Å². The van der Waals surface area contributed by atoms with Crippen molar-refractivity contribution in [3.8, 4) is 0 Å². The molecule has 0 saturated carbocycles. The summed E-state index contributed by atoms with van der Waals surface area (Å²) in [5.74, 6) is 0. The van der Waals surface area contributed by atoms with Crippen molar-refractivity contribution in [1.82, 2.24) is 0 Å². The van der Waals surface area contributed by atoms with E-state index in [1.54, 1.807) is 28.1 Å². The second-order valence-electron chi connectivity index (χ2n) is 6.61. The van der Waals surface area contributed by atoms with Gasteiger partial charge >= 0.3 is 0 Å². The number of aliphatic hydroxyl groups is 1. The number of unbranched alkanes of at least 4 members (excludes halogenated alkanes) is 3. The van der Waals surface area contributed by atoms with Crippen LogP contribution in [0.25, 0.3) is 0 Å². The number of ether oxygens (including phenoxy) is 4. The van der Waals surface area contributed by atoms with Crippen LogP contribution in [0.4, 0.5) is 0 Å². The summed E-state index contributed by atoms with van der Waals surface area (Å²) in [5.41, 5.74) is -1.83. The van der Waals surface area contributed by atoms with Gasteiger partial charge in [0.2, 0.25) is 0 Å². The van der Waals surface area contributed by atoms with Gasteiger partial charge in [-0.1, -0.05) is 32.6 Å². The Morgan fingerprint density at radius 2 is 1.61 bits per heavy atom. The minimum absolute atomic E-state index is 0.396. The molecule has 0 radical (unpaired) electrons. The number of rotatable bonds is 14. The number of hydrogen-bond donors (Lipinski definition) is 1. The van der Waals surface area contributed by atoms with Crippen molar-refractivity contribution in [2.45, 2.75) is 96.9 Å². The molecule has 140 valence electrons. The minimum Gasteiger partial charge on any atom is -0.387 e. The van der Waals surface area contributed by atoms with Crippen LogP contribution in [0.15, 0.2) is 0 Å². The molecule has 0 rings (SSSR count). The van der Waals surface area contributed by atoms with Crippen molar-refractivity contribution in [2.24, 2.45) is 0 Å². The van der Waals surface area contributed by atoms with Crippen molar-refractivity contribution in [3.63, 3.8) is 0 Å². The molecule has 0 bridgehead atoms. The van der Waals surface area contributed by atoms with Gasteiger partial charge in [-0.25, -0.2) is 0 Å². The van der Waals surface area contributed by atoms with Crippen LogP contribution in [0.5, 0.6) is 0 Å². The maximum Gasteiger partial charge on any atom is 0.159 e. The van der Waals surface area contributed by atoms with E-state index in [1.807, 2.05) is 13.8 Å². The maximum absolute atomic E-state index is 10.8. The summed E-state index contributed by atoms with van der Waals surface area (Å²) in [5, 5.41) is 10.8. The van der Waals surface area contributed by atoms with Crippen LogP contribution in [0.2, 0.25) is 0 Å². The highest BCUT2D eigenvalue weighted by Crippen LogP contribution is 2.38. The van der Waals surface area contributed by atoms with E-state index in [2.05, 4.69) is 6.92 Å². The molecule has 2 unspecified atom stereocenters. The molecule has 5 heteroatoms. The fourth-order valence-electron chi connectivity index (χ4n) is 2.86. The molecule has 5 nitrogen and oxygen atoms in total. The molecule has 0 aromatic carbocycles. The molecule has 0 saturated heterocycles. The topological polar surface area (TPSA) is 57.2 Å². The SMILES string of the molecule is CCCCCCC(CC(OC)OC)(OC(C)OCC)C(C)(C)O. The summed E-state index contributed by atoms with van der Waals surface area (Å²) >= 11 is 0. The van der Waals surface area contributed by atoms with Gasteiger partial charge in [0, 0.05) is 27.2 Å². The summed E-state index contributed by atoms with van der Waals surface area (Å²) in [6.07, 6.45) is 4.81. The van der Waals surface area contributed by atoms with Gasteiger partial charge in [-0.3, -0.25) is 0 Å². The molecular formula is C18H38O5. The Morgan fingerprint density at radius 3 is 2.04 bits per heavy atom. The lowest BCUT2D eigenvalue weighted by Crippen LogP contribution is -2.56. The number of hydrogen-bond acceptors (Lipinski definition) is 5. The maximum atomic E-state index is 10.8. The largest absolute Gasteiger partial charge is 0.387 e. The van der Waals surface area contributed by atoms with E-state index in [-0.39, 0.29) is 0 Å². The highest BCUT2D eigenvalue weighted by Gasteiger charge is 2.47. The van der Waals surface area contributed by atoms with Crippen LogP contribution < -0.4 is 0 Å². The Bertz CT molecular complexity index is 286. The Kier molecular flexibility index (Phi) is 11.3. The van der Waals surface area contributed by atoms with Crippen molar-refractivity contribution < 1.29 is 24.1 Å². The van der Waals surface area contributed by atoms with Crippen molar-refractivity contribution in [3.05, 3.63) is 0 Å². The van der Waals surface area contributed by atoms with Crippen LogP contribution >= 0.6 is 0 Å². The van der Waals surface area contributed by atoms with Crippen LogP contribution in [0.1, 0.15) is 73.1 Å². The Hall–Kier alpha value is -0.200. The number of methoxy groups -OCH3 is 2. The van der Waals surface area contributed by atoms with Crippen LogP contribution in [0, 0.1) is 0 Å². The summed E-state index contributed by atoms with van der Waals surface area (Å²) < 4.78 is 22.5. The van der Waals surface area contributed by atoms with Gasteiger partial charge in [0.15, 0.2) is 12.6 Å². The highest BCUT2D eigenvalue weighted by molar-refractivity contribution is 4.96. The van der Waals surface area contributed by atoms with Crippen molar-refractivity contribution >= 4 is 0 Å². The normalized spacial score (nSPS) is 16.6. The van der Waals surface area contributed by atoms with Gasteiger partial charge in [0.1, 0.15) is 5.60 Å². The van der Waals surface area contributed by atoms with Crippen LogP contribution in [0.3, 0.4) is 0 Å². The smallest absolute Gasteiger partial charge is 0.159 e. The minimum atomic E-state index is -1.04. The molecule has 0 aliphatic heterocycles. The summed E-state index contributed by atoms with van der Waals surface area (Å²) in [4.78, 5) is 0. The first-order chi connectivity index (χ1) is 10.8. The van der Waals surface area contributed by atoms with Gasteiger partial charge in [0.05, 0.1) is 5.60 Å². The van der Waals surface area contributed by atoms with Crippen molar-refractivity contribution in [1.29, 1.82) is 0 Å². The zero-order valence-electron chi connectivity index (χ0n) is 16.2. The molecule has 0 spiro atoms. The third-order valence-electron chi connectivity index (χ3n) is 4.36.